The van der Waals surface area contributed by atoms with Crippen LogP contribution in [0, 0.1) is 10.1 Å². The van der Waals surface area contributed by atoms with Crippen LogP contribution in [0.5, 0.6) is 0 Å². The van der Waals surface area contributed by atoms with Crippen molar-refractivity contribution in [3.05, 3.63) is 28.4 Å². The molecule has 88 valence electrons. The van der Waals surface area contributed by atoms with Crippen molar-refractivity contribution >= 4 is 11.5 Å². The summed E-state index contributed by atoms with van der Waals surface area (Å²) in [5.74, 6) is 0.547. The van der Waals surface area contributed by atoms with E-state index in [-0.39, 0.29) is 5.69 Å². The lowest BCUT2D eigenvalue weighted by molar-refractivity contribution is -0.384. The van der Waals surface area contributed by atoms with Gasteiger partial charge in [0.2, 0.25) is 0 Å². The lowest BCUT2D eigenvalue weighted by atomic mass is 10.3. The molecule has 0 amide bonds. The fraction of sp³-hybridized carbons (Fsp3) is 0.500. The second-order valence-corrected chi connectivity index (χ2v) is 3.29. The van der Waals surface area contributed by atoms with Crippen LogP contribution in [0.2, 0.25) is 0 Å². The van der Waals surface area contributed by atoms with Gasteiger partial charge in [0.05, 0.1) is 11.0 Å². The molecule has 6 nitrogen and oxygen atoms in total. The molecule has 0 spiro atoms. The molecule has 6 heteroatoms. The molecule has 0 unspecified atom stereocenters. The van der Waals surface area contributed by atoms with E-state index in [9.17, 15) is 10.1 Å². The van der Waals surface area contributed by atoms with E-state index in [2.05, 4.69) is 22.5 Å². The second-order valence-electron chi connectivity index (χ2n) is 3.29. The number of hydrogen-bond donors (Lipinski definition) is 2. The van der Waals surface area contributed by atoms with Gasteiger partial charge in [-0.25, -0.2) is 4.98 Å². The Balaban J connectivity index is 2.36. The number of nitro groups is 1. The van der Waals surface area contributed by atoms with Crippen LogP contribution in [0.1, 0.15) is 13.3 Å². The molecule has 0 aliphatic heterocycles. The predicted octanol–water partition coefficient (Wildman–Crippen LogP) is 1.40. The summed E-state index contributed by atoms with van der Waals surface area (Å²) in [5, 5.41) is 16.7. The Bertz CT molecular complexity index is 343. The minimum Gasteiger partial charge on any atom is -0.370 e. The summed E-state index contributed by atoms with van der Waals surface area (Å²) in [5.41, 5.74) is 0.0594. The SMILES string of the molecule is CCNCCCNc1cc([N+](=O)[O-])ccn1. The molecule has 16 heavy (non-hydrogen) atoms. The Kier molecular flexibility index (Phi) is 5.21. The summed E-state index contributed by atoms with van der Waals surface area (Å²) in [7, 11) is 0. The fourth-order valence-electron chi connectivity index (χ4n) is 1.24. The third-order valence-corrected chi connectivity index (χ3v) is 2.04. The van der Waals surface area contributed by atoms with Crippen LogP contribution >= 0.6 is 0 Å². The summed E-state index contributed by atoms with van der Waals surface area (Å²) in [6, 6.07) is 2.82. The highest BCUT2D eigenvalue weighted by atomic mass is 16.6. The van der Waals surface area contributed by atoms with Crippen LogP contribution < -0.4 is 10.6 Å². The minimum atomic E-state index is -0.425. The van der Waals surface area contributed by atoms with Gasteiger partial charge in [-0.05, 0) is 19.5 Å². The quantitative estimate of drug-likeness (QED) is 0.415. The molecular formula is C10H16N4O2. The Hall–Kier alpha value is -1.69. The van der Waals surface area contributed by atoms with Gasteiger partial charge in [-0.1, -0.05) is 6.92 Å². The van der Waals surface area contributed by atoms with E-state index in [1.165, 1.54) is 18.3 Å². The molecule has 0 aromatic carbocycles. The van der Waals surface area contributed by atoms with Gasteiger partial charge in [-0.2, -0.15) is 0 Å². The maximum absolute atomic E-state index is 10.5. The maximum atomic E-state index is 10.5. The number of pyridine rings is 1. The normalized spacial score (nSPS) is 10.1. The van der Waals surface area contributed by atoms with Crippen LogP contribution in [0.3, 0.4) is 0 Å². The first-order valence-corrected chi connectivity index (χ1v) is 5.29. The Labute approximate surface area is 94.2 Å². The maximum Gasteiger partial charge on any atom is 0.274 e. The van der Waals surface area contributed by atoms with Crippen molar-refractivity contribution < 1.29 is 4.92 Å². The van der Waals surface area contributed by atoms with Crippen molar-refractivity contribution in [1.82, 2.24) is 10.3 Å². The molecule has 1 aromatic rings. The van der Waals surface area contributed by atoms with Crippen LogP contribution in [0.25, 0.3) is 0 Å². The monoisotopic (exact) mass is 224 g/mol. The van der Waals surface area contributed by atoms with E-state index in [4.69, 9.17) is 0 Å². The highest BCUT2D eigenvalue weighted by Gasteiger charge is 2.05. The highest BCUT2D eigenvalue weighted by Crippen LogP contribution is 2.13. The largest absolute Gasteiger partial charge is 0.370 e. The molecule has 0 aliphatic rings. The van der Waals surface area contributed by atoms with Crippen LogP contribution in [0.15, 0.2) is 18.3 Å². The van der Waals surface area contributed by atoms with Gasteiger partial charge in [0.25, 0.3) is 5.69 Å². The fourth-order valence-corrected chi connectivity index (χ4v) is 1.24. The molecular weight excluding hydrogens is 208 g/mol. The Morgan fingerprint density at radius 3 is 3.00 bits per heavy atom. The molecule has 1 heterocycles. The number of aromatic nitrogens is 1. The van der Waals surface area contributed by atoms with Crippen molar-refractivity contribution in [2.75, 3.05) is 25.0 Å². The lowest BCUT2D eigenvalue weighted by Gasteiger charge is -2.05. The number of nitrogens with one attached hydrogen (secondary N) is 2. The molecule has 0 bridgehead atoms. The molecule has 1 rings (SSSR count). The van der Waals surface area contributed by atoms with Gasteiger partial charge < -0.3 is 10.6 Å². The molecule has 0 fully saturated rings. The third-order valence-electron chi connectivity index (χ3n) is 2.04. The van der Waals surface area contributed by atoms with E-state index in [1.54, 1.807) is 0 Å². The van der Waals surface area contributed by atoms with Gasteiger partial charge in [0.15, 0.2) is 0 Å². The van der Waals surface area contributed by atoms with E-state index in [0.29, 0.717) is 5.82 Å². The molecule has 1 aromatic heterocycles. The Morgan fingerprint density at radius 2 is 2.31 bits per heavy atom. The van der Waals surface area contributed by atoms with E-state index in [1.807, 2.05) is 0 Å². The standard InChI is InChI=1S/C10H16N4O2/c1-2-11-5-3-6-12-10-8-9(14(15)16)4-7-13-10/h4,7-8,11H,2-3,5-6H2,1H3,(H,12,13). The highest BCUT2D eigenvalue weighted by molar-refractivity contribution is 5.43. The molecule has 0 aliphatic carbocycles. The first kappa shape index (κ1) is 12.4. The van der Waals surface area contributed by atoms with Gasteiger partial charge in [0.1, 0.15) is 5.82 Å². The van der Waals surface area contributed by atoms with Crippen molar-refractivity contribution in [3.63, 3.8) is 0 Å². The molecule has 0 radical (unpaired) electrons. The summed E-state index contributed by atoms with van der Waals surface area (Å²) in [4.78, 5) is 14.1. The third kappa shape index (κ3) is 4.22. The van der Waals surface area contributed by atoms with Gasteiger partial charge in [0, 0.05) is 18.8 Å². The first-order valence-electron chi connectivity index (χ1n) is 5.29. The Morgan fingerprint density at radius 1 is 1.50 bits per heavy atom. The number of nitrogens with zero attached hydrogens (tertiary/aromatic N) is 2. The van der Waals surface area contributed by atoms with Crippen molar-refractivity contribution in [1.29, 1.82) is 0 Å². The van der Waals surface area contributed by atoms with Gasteiger partial charge in [-0.15, -0.1) is 0 Å². The van der Waals surface area contributed by atoms with E-state index in [0.717, 1.165) is 26.1 Å². The van der Waals surface area contributed by atoms with Crippen molar-refractivity contribution in [3.8, 4) is 0 Å². The lowest BCUT2D eigenvalue weighted by Crippen LogP contribution is -2.17. The topological polar surface area (TPSA) is 80.1 Å². The molecule has 0 saturated heterocycles. The van der Waals surface area contributed by atoms with E-state index >= 15 is 0 Å². The zero-order valence-corrected chi connectivity index (χ0v) is 9.27. The minimum absolute atomic E-state index is 0.0594. The summed E-state index contributed by atoms with van der Waals surface area (Å²) < 4.78 is 0. The van der Waals surface area contributed by atoms with Crippen LogP contribution in [-0.2, 0) is 0 Å². The van der Waals surface area contributed by atoms with Gasteiger partial charge in [-0.3, -0.25) is 10.1 Å². The second kappa shape index (κ2) is 6.73. The van der Waals surface area contributed by atoms with Crippen molar-refractivity contribution in [2.24, 2.45) is 0 Å². The summed E-state index contributed by atoms with van der Waals surface area (Å²) in [6.45, 7) is 4.68. The van der Waals surface area contributed by atoms with Gasteiger partial charge >= 0.3 is 0 Å². The number of anilines is 1. The molecule has 0 saturated carbocycles. The first-order chi connectivity index (χ1) is 7.74. The molecule has 0 atom stereocenters. The zero-order valence-electron chi connectivity index (χ0n) is 9.27. The average Bonchev–Trinajstić information content (AvgIpc) is 2.29. The van der Waals surface area contributed by atoms with Crippen molar-refractivity contribution in [2.45, 2.75) is 13.3 Å². The zero-order chi connectivity index (χ0) is 11.8. The summed E-state index contributed by atoms with van der Waals surface area (Å²) >= 11 is 0. The van der Waals surface area contributed by atoms with E-state index < -0.39 is 4.92 Å². The number of hydrogen-bond acceptors (Lipinski definition) is 5. The number of rotatable bonds is 7. The van der Waals surface area contributed by atoms with Crippen LogP contribution in [-0.4, -0.2) is 29.5 Å². The molecule has 2 N–H and O–H groups in total. The smallest absolute Gasteiger partial charge is 0.274 e. The van der Waals surface area contributed by atoms with Crippen LogP contribution in [0.4, 0.5) is 11.5 Å². The predicted molar refractivity (Wildman–Crippen MR) is 62.5 cm³/mol. The average molecular weight is 224 g/mol. The summed E-state index contributed by atoms with van der Waals surface area (Å²) in [6.07, 6.45) is 2.39.